The van der Waals surface area contributed by atoms with E-state index in [-0.39, 0.29) is 24.7 Å². The molecule has 0 aliphatic carbocycles. The molecule has 0 fully saturated rings. The topological polar surface area (TPSA) is 140 Å². The molecule has 0 aliphatic rings. The minimum atomic E-state index is -1.12. The van der Waals surface area contributed by atoms with Crippen LogP contribution >= 0.6 is 11.6 Å². The number of aromatic nitrogens is 4. The van der Waals surface area contributed by atoms with Gasteiger partial charge in [-0.2, -0.15) is 0 Å². The summed E-state index contributed by atoms with van der Waals surface area (Å²) in [7, 11) is 0. The average Bonchev–Trinajstić information content (AvgIpc) is 3.20. The van der Waals surface area contributed by atoms with Crippen molar-refractivity contribution in [2.24, 2.45) is 0 Å². The number of aliphatic hydroxyl groups is 1. The molecule has 0 radical (unpaired) electrons. The number of carbonyl (C=O) groups excluding carboxylic acids is 1. The number of nitrogens with one attached hydrogen (secondary N) is 1. The number of amides is 1. The summed E-state index contributed by atoms with van der Waals surface area (Å²) in [6, 6.07) is 7.28. The van der Waals surface area contributed by atoms with Crippen LogP contribution < -0.4 is 11.1 Å². The summed E-state index contributed by atoms with van der Waals surface area (Å²) < 4.78 is 5.60. The molecule has 3 heterocycles. The molecule has 0 bridgehead atoms. The van der Waals surface area contributed by atoms with Crippen molar-refractivity contribution in [3.8, 4) is 0 Å². The molecule has 0 saturated heterocycles. The van der Waals surface area contributed by atoms with E-state index in [1.165, 1.54) is 0 Å². The average molecular weight is 481 g/mol. The number of anilines is 1. The lowest BCUT2D eigenvalue weighted by atomic mass is 9.92. The van der Waals surface area contributed by atoms with Crippen molar-refractivity contribution in [1.82, 2.24) is 25.5 Å². The molecule has 34 heavy (non-hydrogen) atoms. The second-order valence-electron chi connectivity index (χ2n) is 8.72. The summed E-state index contributed by atoms with van der Waals surface area (Å²) in [5, 5.41) is 22.6. The zero-order chi connectivity index (χ0) is 24.6. The number of pyridine rings is 2. The standard InChI is InChI=1S/C24H25ClN6O3/c1-12-5-19(26)29-13(2)17(12)11-28-22(32)23-31-30-20(34-23)8-14-6-15-9-16(25)10-27-21(15)18(7-14)24(3,4)33/h5-7,9-10,33H,8,11H2,1-4H3,(H2,26,29)(H,28,32). The van der Waals surface area contributed by atoms with Gasteiger partial charge in [-0.25, -0.2) is 4.98 Å². The highest BCUT2D eigenvalue weighted by Crippen LogP contribution is 2.30. The number of nitrogen functional groups attached to an aromatic ring is 1. The van der Waals surface area contributed by atoms with Gasteiger partial charge in [-0.1, -0.05) is 17.7 Å². The SMILES string of the molecule is Cc1cc(N)nc(C)c1CNC(=O)c1nnc(Cc2cc(C(C)(C)O)c3ncc(Cl)cc3c2)o1. The van der Waals surface area contributed by atoms with E-state index in [0.717, 1.165) is 27.8 Å². The van der Waals surface area contributed by atoms with Gasteiger partial charge in [0.2, 0.25) is 5.89 Å². The van der Waals surface area contributed by atoms with Crippen molar-refractivity contribution >= 4 is 34.2 Å². The molecule has 0 saturated carbocycles. The Kier molecular flexibility index (Phi) is 6.24. The number of benzene rings is 1. The van der Waals surface area contributed by atoms with E-state index in [0.29, 0.717) is 21.9 Å². The van der Waals surface area contributed by atoms with Crippen LogP contribution in [0.15, 0.2) is 34.9 Å². The molecule has 0 unspecified atom stereocenters. The lowest BCUT2D eigenvalue weighted by molar-refractivity contribution is 0.0799. The van der Waals surface area contributed by atoms with Gasteiger partial charge in [-0.05, 0) is 62.6 Å². The first-order valence-corrected chi connectivity index (χ1v) is 11.0. The summed E-state index contributed by atoms with van der Waals surface area (Å²) in [6.07, 6.45) is 1.82. The number of rotatable bonds is 6. The molecule has 1 amide bonds. The van der Waals surface area contributed by atoms with Gasteiger partial charge in [0.25, 0.3) is 0 Å². The molecule has 9 nitrogen and oxygen atoms in total. The van der Waals surface area contributed by atoms with E-state index in [2.05, 4.69) is 25.5 Å². The zero-order valence-electron chi connectivity index (χ0n) is 19.3. The Morgan fingerprint density at radius 1 is 1.21 bits per heavy atom. The number of fused-ring (bicyclic) bond motifs is 1. The van der Waals surface area contributed by atoms with E-state index in [9.17, 15) is 9.90 Å². The van der Waals surface area contributed by atoms with Crippen LogP contribution in [0, 0.1) is 13.8 Å². The maximum atomic E-state index is 12.6. The summed E-state index contributed by atoms with van der Waals surface area (Å²) in [4.78, 5) is 21.2. The third kappa shape index (κ3) is 5.00. The first kappa shape index (κ1) is 23.6. The minimum Gasteiger partial charge on any atom is -0.417 e. The summed E-state index contributed by atoms with van der Waals surface area (Å²) in [5.41, 5.74) is 9.32. The van der Waals surface area contributed by atoms with Crippen molar-refractivity contribution in [3.05, 3.63) is 75.2 Å². The fourth-order valence-electron chi connectivity index (χ4n) is 3.84. The number of hydrogen-bond donors (Lipinski definition) is 3. The highest BCUT2D eigenvalue weighted by molar-refractivity contribution is 6.31. The number of nitrogens with zero attached hydrogens (tertiary/aromatic N) is 4. The maximum Gasteiger partial charge on any atom is 0.309 e. The minimum absolute atomic E-state index is 0.137. The number of aryl methyl sites for hydroxylation is 2. The monoisotopic (exact) mass is 480 g/mol. The zero-order valence-corrected chi connectivity index (χ0v) is 20.1. The molecule has 0 atom stereocenters. The molecular formula is C24H25ClN6O3. The van der Waals surface area contributed by atoms with Crippen molar-refractivity contribution in [1.29, 1.82) is 0 Å². The second-order valence-corrected chi connectivity index (χ2v) is 9.15. The van der Waals surface area contributed by atoms with E-state index in [1.54, 1.807) is 32.2 Å². The molecule has 4 rings (SSSR count). The summed E-state index contributed by atoms with van der Waals surface area (Å²) in [5.74, 6) is 0.0803. The van der Waals surface area contributed by atoms with Crippen molar-refractivity contribution < 1.29 is 14.3 Å². The second kappa shape index (κ2) is 9.00. The number of halogens is 1. The third-order valence-electron chi connectivity index (χ3n) is 5.48. The van der Waals surface area contributed by atoms with E-state index >= 15 is 0 Å². The van der Waals surface area contributed by atoms with Crippen LogP contribution in [-0.4, -0.2) is 31.2 Å². The third-order valence-corrected chi connectivity index (χ3v) is 5.69. The van der Waals surface area contributed by atoms with Gasteiger partial charge in [-0.15, -0.1) is 10.2 Å². The van der Waals surface area contributed by atoms with Crippen LogP contribution in [0.1, 0.15) is 58.4 Å². The lowest BCUT2D eigenvalue weighted by Crippen LogP contribution is -2.24. The summed E-state index contributed by atoms with van der Waals surface area (Å²) in [6.45, 7) is 7.39. The van der Waals surface area contributed by atoms with Gasteiger partial charge in [0.05, 0.1) is 22.6 Å². The number of nitrogens with two attached hydrogens (primary N) is 1. The maximum absolute atomic E-state index is 12.6. The van der Waals surface area contributed by atoms with Gasteiger partial charge in [0.15, 0.2) is 0 Å². The molecule has 4 aromatic rings. The van der Waals surface area contributed by atoms with Crippen LogP contribution in [0.5, 0.6) is 0 Å². The molecule has 176 valence electrons. The fraction of sp³-hybridized carbons (Fsp3) is 0.292. The fourth-order valence-corrected chi connectivity index (χ4v) is 4.01. The van der Waals surface area contributed by atoms with E-state index in [1.807, 2.05) is 26.0 Å². The molecule has 1 aromatic carbocycles. The largest absolute Gasteiger partial charge is 0.417 e. The van der Waals surface area contributed by atoms with Gasteiger partial charge in [0.1, 0.15) is 5.82 Å². The van der Waals surface area contributed by atoms with Crippen LogP contribution in [0.25, 0.3) is 10.9 Å². The first-order chi connectivity index (χ1) is 16.0. The van der Waals surface area contributed by atoms with Crippen molar-refractivity contribution in [2.75, 3.05) is 5.73 Å². The van der Waals surface area contributed by atoms with Gasteiger partial charge in [0, 0.05) is 29.4 Å². The molecule has 0 aliphatic heterocycles. The van der Waals surface area contributed by atoms with Crippen molar-refractivity contribution in [2.45, 2.75) is 46.3 Å². The first-order valence-electron chi connectivity index (χ1n) is 10.7. The van der Waals surface area contributed by atoms with Crippen LogP contribution in [0.4, 0.5) is 5.82 Å². The molecule has 4 N–H and O–H groups in total. The normalized spacial score (nSPS) is 11.7. The van der Waals surface area contributed by atoms with Crippen LogP contribution in [0.3, 0.4) is 0 Å². The Labute approximate surface area is 201 Å². The molecule has 3 aromatic heterocycles. The van der Waals surface area contributed by atoms with Crippen LogP contribution in [-0.2, 0) is 18.6 Å². The van der Waals surface area contributed by atoms with E-state index < -0.39 is 11.5 Å². The quantitative estimate of drug-likeness (QED) is 0.380. The predicted molar refractivity (Wildman–Crippen MR) is 128 cm³/mol. The van der Waals surface area contributed by atoms with Crippen molar-refractivity contribution in [3.63, 3.8) is 0 Å². The predicted octanol–water partition coefficient (Wildman–Crippen LogP) is 3.61. The lowest BCUT2D eigenvalue weighted by Gasteiger charge is -2.20. The van der Waals surface area contributed by atoms with Gasteiger partial charge in [-0.3, -0.25) is 9.78 Å². The van der Waals surface area contributed by atoms with Gasteiger partial charge >= 0.3 is 11.8 Å². The van der Waals surface area contributed by atoms with Gasteiger partial charge < -0.3 is 20.6 Å². The highest BCUT2D eigenvalue weighted by Gasteiger charge is 2.22. The Balaban J connectivity index is 1.53. The van der Waals surface area contributed by atoms with Crippen LogP contribution in [0.2, 0.25) is 5.02 Å². The smallest absolute Gasteiger partial charge is 0.309 e. The summed E-state index contributed by atoms with van der Waals surface area (Å²) >= 11 is 6.12. The Hall–Kier alpha value is -3.56. The highest BCUT2D eigenvalue weighted by atomic mass is 35.5. The molecule has 0 spiro atoms. The Morgan fingerprint density at radius 2 is 1.97 bits per heavy atom. The molecule has 10 heteroatoms. The Bertz CT molecular complexity index is 1370. The van der Waals surface area contributed by atoms with E-state index in [4.69, 9.17) is 21.8 Å². The Morgan fingerprint density at radius 3 is 2.68 bits per heavy atom. The molecular weight excluding hydrogens is 456 g/mol. The number of hydrogen-bond acceptors (Lipinski definition) is 8. The number of carbonyl (C=O) groups is 1.